The zero-order chi connectivity index (χ0) is 19.8. The first-order valence-corrected chi connectivity index (χ1v) is 10.3. The number of esters is 1. The van der Waals surface area contributed by atoms with Crippen LogP contribution in [0.5, 0.6) is 5.75 Å². The summed E-state index contributed by atoms with van der Waals surface area (Å²) in [5.74, 6) is 0.261. The van der Waals surface area contributed by atoms with Crippen molar-refractivity contribution in [2.75, 3.05) is 19.1 Å². The molecule has 0 aliphatic rings. The highest BCUT2D eigenvalue weighted by atomic mass is 32.2. The predicted octanol–water partition coefficient (Wildman–Crippen LogP) is 4.63. The molecule has 0 spiro atoms. The second-order valence-corrected chi connectivity index (χ2v) is 8.59. The van der Waals surface area contributed by atoms with Crippen LogP contribution in [0.25, 0.3) is 21.5 Å². The molecule has 0 saturated carbocycles. The maximum Gasteiger partial charge on any atom is 0.351 e. The molecule has 0 fully saturated rings. The normalized spacial score (nSPS) is 11.6. The van der Waals surface area contributed by atoms with Crippen LogP contribution in [0.1, 0.15) is 30.4 Å². The van der Waals surface area contributed by atoms with Gasteiger partial charge in [0.25, 0.3) is 0 Å². The molecule has 0 saturated heterocycles. The minimum atomic E-state index is -0.606. The van der Waals surface area contributed by atoms with Gasteiger partial charge in [0.1, 0.15) is 21.1 Å². The molecule has 0 amide bonds. The van der Waals surface area contributed by atoms with Crippen LogP contribution in [0.2, 0.25) is 0 Å². The van der Waals surface area contributed by atoms with E-state index in [1.807, 2.05) is 51.3 Å². The monoisotopic (exact) mass is 403 g/mol. The number of carbonyl (C=O) groups is 1. The molecule has 3 rings (SSSR count). The van der Waals surface area contributed by atoms with Gasteiger partial charge in [-0.05, 0) is 39.2 Å². The van der Waals surface area contributed by atoms with Gasteiger partial charge in [0.05, 0.1) is 23.9 Å². The second-order valence-electron chi connectivity index (χ2n) is 6.82. The quantitative estimate of drug-likeness (QED) is 0.386. The number of methoxy groups -OCH3 is 1. The fraction of sp³-hybridized carbons (Fsp3) is 0.316. The Hall–Kier alpha value is -2.32. The lowest BCUT2D eigenvalue weighted by Crippen LogP contribution is -2.23. The lowest BCUT2D eigenvalue weighted by molar-refractivity contribution is 0.00764. The number of ether oxygens (including phenoxy) is 2. The third-order valence-corrected chi connectivity index (χ3v) is 5.31. The van der Waals surface area contributed by atoms with Gasteiger partial charge < -0.3 is 15.2 Å². The average Bonchev–Trinajstić information content (AvgIpc) is 2.96. The summed E-state index contributed by atoms with van der Waals surface area (Å²) in [6, 6.07) is 7.56. The van der Waals surface area contributed by atoms with Crippen LogP contribution >= 0.6 is 23.1 Å². The van der Waals surface area contributed by atoms with Crippen LogP contribution in [0, 0.1) is 0 Å². The van der Waals surface area contributed by atoms with Gasteiger partial charge in [-0.3, -0.25) is 0 Å². The summed E-state index contributed by atoms with van der Waals surface area (Å²) in [4.78, 5) is 22.8. The van der Waals surface area contributed by atoms with Crippen molar-refractivity contribution in [3.8, 4) is 17.0 Å². The van der Waals surface area contributed by atoms with E-state index >= 15 is 0 Å². The van der Waals surface area contributed by atoms with Crippen LogP contribution in [0.3, 0.4) is 0 Å². The SMILES string of the molecule is COc1cccc(-c2nc(SC)nc3sc(C(=O)OC(C)(C)C)c(N)c23)c1. The summed E-state index contributed by atoms with van der Waals surface area (Å²) in [5, 5.41) is 1.27. The number of hydrogen-bond acceptors (Lipinski definition) is 8. The molecule has 142 valence electrons. The Labute approximate surface area is 166 Å². The van der Waals surface area contributed by atoms with Gasteiger partial charge in [-0.15, -0.1) is 11.3 Å². The van der Waals surface area contributed by atoms with Gasteiger partial charge in [0, 0.05) is 5.56 Å². The first-order valence-electron chi connectivity index (χ1n) is 8.25. The molecule has 0 atom stereocenters. The number of carbonyl (C=O) groups excluding carboxylic acids is 1. The molecule has 1 aromatic carbocycles. The van der Waals surface area contributed by atoms with E-state index in [1.165, 1.54) is 23.1 Å². The number of nitrogens with zero attached hydrogens (tertiary/aromatic N) is 2. The Kier molecular flexibility index (Phi) is 5.30. The molecule has 2 N–H and O–H groups in total. The van der Waals surface area contributed by atoms with Crippen molar-refractivity contribution < 1.29 is 14.3 Å². The summed E-state index contributed by atoms with van der Waals surface area (Å²) >= 11 is 2.66. The number of thiophene rings is 1. The number of hydrogen-bond donors (Lipinski definition) is 1. The van der Waals surface area contributed by atoms with Crippen molar-refractivity contribution in [2.45, 2.75) is 31.5 Å². The van der Waals surface area contributed by atoms with Crippen molar-refractivity contribution >= 4 is 45.0 Å². The maximum absolute atomic E-state index is 12.6. The van der Waals surface area contributed by atoms with E-state index in [-0.39, 0.29) is 0 Å². The zero-order valence-electron chi connectivity index (χ0n) is 15.8. The Bertz CT molecular complexity index is 1010. The number of thioether (sulfide) groups is 1. The molecule has 27 heavy (non-hydrogen) atoms. The number of nitrogen functional groups attached to an aromatic ring is 1. The minimum Gasteiger partial charge on any atom is -0.497 e. The molecule has 2 aromatic heterocycles. The Morgan fingerprint density at radius 2 is 2.00 bits per heavy atom. The van der Waals surface area contributed by atoms with Gasteiger partial charge in [0.15, 0.2) is 5.16 Å². The summed E-state index contributed by atoms with van der Waals surface area (Å²) in [7, 11) is 1.61. The molecule has 0 aliphatic heterocycles. The van der Waals surface area contributed by atoms with E-state index in [4.69, 9.17) is 15.2 Å². The highest BCUT2D eigenvalue weighted by molar-refractivity contribution is 7.98. The number of rotatable bonds is 4. The maximum atomic E-state index is 12.6. The number of aromatic nitrogens is 2. The van der Waals surface area contributed by atoms with E-state index in [0.29, 0.717) is 37.4 Å². The molecule has 0 radical (unpaired) electrons. The van der Waals surface area contributed by atoms with E-state index in [1.54, 1.807) is 7.11 Å². The molecular weight excluding hydrogens is 382 g/mol. The topological polar surface area (TPSA) is 87.3 Å². The third-order valence-electron chi connectivity index (χ3n) is 3.68. The molecule has 0 unspecified atom stereocenters. The number of benzene rings is 1. The van der Waals surface area contributed by atoms with Crippen LogP contribution < -0.4 is 10.5 Å². The van der Waals surface area contributed by atoms with Gasteiger partial charge in [-0.2, -0.15) is 0 Å². The number of anilines is 1. The molecule has 0 aliphatic carbocycles. The Balaban J connectivity index is 2.22. The summed E-state index contributed by atoms with van der Waals surface area (Å²) < 4.78 is 10.8. The van der Waals surface area contributed by atoms with E-state index < -0.39 is 11.6 Å². The molecule has 6 nitrogen and oxygen atoms in total. The van der Waals surface area contributed by atoms with E-state index in [2.05, 4.69) is 9.97 Å². The standard InChI is InChI=1S/C19H21N3O3S2/c1-19(2,3)25-17(23)15-13(20)12-14(10-7-6-8-11(9-10)24-4)21-18(26-5)22-16(12)27-15/h6-9H,20H2,1-5H3. The van der Waals surface area contributed by atoms with Gasteiger partial charge in [-0.25, -0.2) is 14.8 Å². The fourth-order valence-corrected chi connectivity index (χ4v) is 3.94. The Morgan fingerprint density at radius 3 is 2.63 bits per heavy atom. The first kappa shape index (κ1) is 19.4. The van der Waals surface area contributed by atoms with Crippen molar-refractivity contribution in [1.82, 2.24) is 9.97 Å². The molecule has 0 bridgehead atoms. The third kappa shape index (κ3) is 4.01. The van der Waals surface area contributed by atoms with Crippen molar-refractivity contribution in [3.05, 3.63) is 29.1 Å². The van der Waals surface area contributed by atoms with Gasteiger partial charge >= 0.3 is 5.97 Å². The number of fused-ring (bicyclic) bond motifs is 1. The summed E-state index contributed by atoms with van der Waals surface area (Å²) in [5.41, 5.74) is 7.60. The highest BCUT2D eigenvalue weighted by Crippen LogP contribution is 2.40. The molecular formula is C19H21N3O3S2. The number of nitrogens with two attached hydrogens (primary N) is 1. The Morgan fingerprint density at radius 1 is 1.26 bits per heavy atom. The van der Waals surface area contributed by atoms with E-state index in [9.17, 15) is 4.79 Å². The minimum absolute atomic E-state index is 0.342. The smallest absolute Gasteiger partial charge is 0.351 e. The average molecular weight is 404 g/mol. The van der Waals surface area contributed by atoms with Crippen molar-refractivity contribution in [2.24, 2.45) is 0 Å². The van der Waals surface area contributed by atoms with Crippen molar-refractivity contribution in [1.29, 1.82) is 0 Å². The largest absolute Gasteiger partial charge is 0.497 e. The summed E-state index contributed by atoms with van der Waals surface area (Å²) in [6.45, 7) is 5.46. The fourth-order valence-electron chi connectivity index (χ4n) is 2.55. The molecule has 2 heterocycles. The van der Waals surface area contributed by atoms with Crippen molar-refractivity contribution in [3.63, 3.8) is 0 Å². The molecule has 8 heteroatoms. The second kappa shape index (κ2) is 7.36. The van der Waals surface area contributed by atoms with Crippen LogP contribution in [-0.2, 0) is 4.74 Å². The lowest BCUT2D eigenvalue weighted by atomic mass is 10.1. The van der Waals surface area contributed by atoms with Gasteiger partial charge in [0.2, 0.25) is 0 Å². The summed E-state index contributed by atoms with van der Waals surface area (Å²) in [6.07, 6.45) is 1.91. The van der Waals surface area contributed by atoms with Crippen LogP contribution in [0.15, 0.2) is 29.4 Å². The molecule has 3 aromatic rings. The van der Waals surface area contributed by atoms with Crippen LogP contribution in [0.4, 0.5) is 5.69 Å². The predicted molar refractivity (Wildman–Crippen MR) is 111 cm³/mol. The lowest BCUT2D eigenvalue weighted by Gasteiger charge is -2.18. The first-order chi connectivity index (χ1) is 12.7. The van der Waals surface area contributed by atoms with Gasteiger partial charge in [-0.1, -0.05) is 23.9 Å². The highest BCUT2D eigenvalue weighted by Gasteiger charge is 2.26. The van der Waals surface area contributed by atoms with E-state index in [0.717, 1.165) is 5.56 Å². The van der Waals surface area contributed by atoms with Crippen LogP contribution in [-0.4, -0.2) is 34.9 Å². The zero-order valence-corrected chi connectivity index (χ0v) is 17.5.